The van der Waals surface area contributed by atoms with E-state index in [0.29, 0.717) is 5.56 Å². The Kier molecular flexibility index (Phi) is 6.91. The van der Waals surface area contributed by atoms with Crippen molar-refractivity contribution in [3.8, 4) is 0 Å². The molecule has 136 valence electrons. The Balaban J connectivity index is 2.06. The molecule has 0 saturated heterocycles. The van der Waals surface area contributed by atoms with Gasteiger partial charge in [0.25, 0.3) is 11.8 Å². The summed E-state index contributed by atoms with van der Waals surface area (Å²) in [6.45, 7) is -0.319. The number of amides is 2. The molecule has 0 aromatic heterocycles. The Morgan fingerprint density at radius 2 is 1.54 bits per heavy atom. The molecular weight excluding hydrogens is 332 g/mol. The number of hydrogen-bond acceptors (Lipinski definition) is 4. The van der Waals surface area contributed by atoms with E-state index in [1.165, 1.54) is 4.90 Å². The minimum absolute atomic E-state index is 0.0662. The molecule has 0 saturated carbocycles. The van der Waals surface area contributed by atoms with Crippen molar-refractivity contribution >= 4 is 17.8 Å². The Morgan fingerprint density at radius 1 is 0.962 bits per heavy atom. The number of ether oxygens (including phenoxy) is 1. The Bertz CT molecular complexity index is 745. The number of esters is 1. The standard InChI is InChI=1S/C20H22N2O4/c1-22(2)18(23)14-26-19(24)13-17(15-9-5-3-6-10-15)21-20(25)16-11-7-4-8-12-16/h3-12,17H,13-14H2,1-2H3,(H,21,25)/t17-/m1/s1. The third-order valence-corrected chi connectivity index (χ3v) is 3.77. The largest absolute Gasteiger partial charge is 0.455 e. The van der Waals surface area contributed by atoms with E-state index in [0.717, 1.165) is 5.56 Å². The molecule has 0 heterocycles. The molecule has 0 fully saturated rings. The van der Waals surface area contributed by atoms with Crippen LogP contribution in [0.2, 0.25) is 0 Å². The first-order chi connectivity index (χ1) is 12.5. The average molecular weight is 354 g/mol. The summed E-state index contributed by atoms with van der Waals surface area (Å²) in [7, 11) is 3.17. The van der Waals surface area contributed by atoms with Gasteiger partial charge in [0.15, 0.2) is 6.61 Å². The lowest BCUT2D eigenvalue weighted by molar-refractivity contribution is -0.151. The van der Waals surface area contributed by atoms with E-state index in [1.807, 2.05) is 36.4 Å². The number of hydrogen-bond donors (Lipinski definition) is 1. The minimum atomic E-state index is -0.553. The summed E-state index contributed by atoms with van der Waals surface area (Å²) in [5.74, 6) is -1.14. The molecule has 26 heavy (non-hydrogen) atoms. The van der Waals surface area contributed by atoms with Gasteiger partial charge < -0.3 is 15.0 Å². The zero-order chi connectivity index (χ0) is 18.9. The predicted molar refractivity (Wildman–Crippen MR) is 97.4 cm³/mol. The first kappa shape index (κ1) is 19.2. The van der Waals surface area contributed by atoms with E-state index in [9.17, 15) is 14.4 Å². The van der Waals surface area contributed by atoms with E-state index < -0.39 is 12.0 Å². The first-order valence-corrected chi connectivity index (χ1v) is 8.24. The van der Waals surface area contributed by atoms with Crippen molar-refractivity contribution in [2.75, 3.05) is 20.7 Å². The molecule has 0 radical (unpaired) electrons. The van der Waals surface area contributed by atoms with Gasteiger partial charge in [-0.3, -0.25) is 14.4 Å². The lowest BCUT2D eigenvalue weighted by Gasteiger charge is -2.19. The molecule has 0 bridgehead atoms. The van der Waals surface area contributed by atoms with E-state index in [1.54, 1.807) is 38.4 Å². The quantitative estimate of drug-likeness (QED) is 0.773. The number of likely N-dealkylation sites (N-methyl/N-ethyl adjacent to an activating group) is 1. The Hall–Kier alpha value is -3.15. The van der Waals surface area contributed by atoms with Crippen molar-refractivity contribution < 1.29 is 19.1 Å². The SMILES string of the molecule is CN(C)C(=O)COC(=O)C[C@@H](NC(=O)c1ccccc1)c1ccccc1. The van der Waals surface area contributed by atoms with Crippen LogP contribution >= 0.6 is 0 Å². The Morgan fingerprint density at radius 3 is 2.12 bits per heavy atom. The van der Waals surface area contributed by atoms with Crippen LogP contribution in [0.3, 0.4) is 0 Å². The van der Waals surface area contributed by atoms with Crippen molar-refractivity contribution in [3.05, 3.63) is 71.8 Å². The molecule has 0 aliphatic carbocycles. The summed E-state index contributed by atoms with van der Waals surface area (Å²) in [5.41, 5.74) is 1.29. The number of carbonyl (C=O) groups excluding carboxylic acids is 3. The highest BCUT2D eigenvalue weighted by atomic mass is 16.5. The molecule has 2 rings (SSSR count). The molecule has 0 spiro atoms. The second kappa shape index (κ2) is 9.36. The summed E-state index contributed by atoms with van der Waals surface area (Å²) in [4.78, 5) is 37.5. The van der Waals surface area contributed by atoms with E-state index in [2.05, 4.69) is 5.32 Å². The number of rotatable bonds is 7. The van der Waals surface area contributed by atoms with E-state index in [-0.39, 0.29) is 24.8 Å². The summed E-state index contributed by atoms with van der Waals surface area (Å²) in [6.07, 6.45) is -0.0662. The van der Waals surface area contributed by atoms with Crippen LogP contribution in [0.5, 0.6) is 0 Å². The molecule has 1 atom stereocenters. The van der Waals surface area contributed by atoms with Crippen LogP contribution in [0.4, 0.5) is 0 Å². The maximum Gasteiger partial charge on any atom is 0.308 e. The van der Waals surface area contributed by atoms with Gasteiger partial charge in [-0.05, 0) is 17.7 Å². The molecule has 2 aromatic rings. The fourth-order valence-electron chi connectivity index (χ4n) is 2.27. The van der Waals surface area contributed by atoms with Gasteiger partial charge in [-0.25, -0.2) is 0 Å². The Labute approximate surface area is 152 Å². The highest BCUT2D eigenvalue weighted by Gasteiger charge is 2.20. The maximum atomic E-state index is 12.4. The molecule has 0 aliphatic rings. The van der Waals surface area contributed by atoms with Crippen LogP contribution in [-0.2, 0) is 14.3 Å². The summed E-state index contributed by atoms with van der Waals surface area (Å²) < 4.78 is 5.02. The van der Waals surface area contributed by atoms with Crippen LogP contribution < -0.4 is 5.32 Å². The number of carbonyl (C=O) groups is 3. The smallest absolute Gasteiger partial charge is 0.308 e. The van der Waals surface area contributed by atoms with Gasteiger partial charge in [-0.15, -0.1) is 0 Å². The summed E-state index contributed by atoms with van der Waals surface area (Å²) in [5, 5.41) is 2.86. The summed E-state index contributed by atoms with van der Waals surface area (Å²) in [6, 6.07) is 17.4. The predicted octanol–water partition coefficient (Wildman–Crippen LogP) is 2.18. The van der Waals surface area contributed by atoms with Crippen LogP contribution in [0.15, 0.2) is 60.7 Å². The van der Waals surface area contributed by atoms with Crippen LogP contribution in [0.25, 0.3) is 0 Å². The molecular formula is C20H22N2O4. The number of nitrogens with zero attached hydrogens (tertiary/aromatic N) is 1. The van der Waals surface area contributed by atoms with Crippen molar-refractivity contribution in [2.24, 2.45) is 0 Å². The topological polar surface area (TPSA) is 75.7 Å². The fourth-order valence-corrected chi connectivity index (χ4v) is 2.27. The minimum Gasteiger partial charge on any atom is -0.455 e. The van der Waals surface area contributed by atoms with Gasteiger partial charge in [0.05, 0.1) is 12.5 Å². The lowest BCUT2D eigenvalue weighted by Crippen LogP contribution is -2.32. The van der Waals surface area contributed by atoms with Crippen LogP contribution in [-0.4, -0.2) is 43.4 Å². The number of benzene rings is 2. The van der Waals surface area contributed by atoms with Gasteiger partial charge in [0.2, 0.25) is 0 Å². The average Bonchev–Trinajstić information content (AvgIpc) is 2.66. The van der Waals surface area contributed by atoms with Crippen molar-refractivity contribution in [1.29, 1.82) is 0 Å². The second-order valence-electron chi connectivity index (χ2n) is 5.96. The molecule has 2 aromatic carbocycles. The second-order valence-corrected chi connectivity index (χ2v) is 5.96. The highest BCUT2D eigenvalue weighted by Crippen LogP contribution is 2.18. The third kappa shape index (κ3) is 5.73. The summed E-state index contributed by atoms with van der Waals surface area (Å²) >= 11 is 0. The van der Waals surface area contributed by atoms with Gasteiger partial charge in [-0.2, -0.15) is 0 Å². The zero-order valence-corrected chi connectivity index (χ0v) is 14.8. The molecule has 6 heteroatoms. The maximum absolute atomic E-state index is 12.4. The van der Waals surface area contributed by atoms with Gasteiger partial charge >= 0.3 is 5.97 Å². The normalized spacial score (nSPS) is 11.3. The molecule has 6 nitrogen and oxygen atoms in total. The van der Waals surface area contributed by atoms with Gasteiger partial charge in [0, 0.05) is 19.7 Å². The zero-order valence-electron chi connectivity index (χ0n) is 14.8. The van der Waals surface area contributed by atoms with E-state index in [4.69, 9.17) is 4.74 Å². The molecule has 2 amide bonds. The van der Waals surface area contributed by atoms with Crippen molar-refractivity contribution in [2.45, 2.75) is 12.5 Å². The van der Waals surface area contributed by atoms with Gasteiger partial charge in [-0.1, -0.05) is 48.5 Å². The van der Waals surface area contributed by atoms with Crippen LogP contribution in [0.1, 0.15) is 28.4 Å². The lowest BCUT2D eigenvalue weighted by atomic mass is 10.0. The third-order valence-electron chi connectivity index (χ3n) is 3.77. The highest BCUT2D eigenvalue weighted by molar-refractivity contribution is 5.94. The van der Waals surface area contributed by atoms with Crippen molar-refractivity contribution in [3.63, 3.8) is 0 Å². The van der Waals surface area contributed by atoms with Gasteiger partial charge in [0.1, 0.15) is 0 Å². The fraction of sp³-hybridized carbons (Fsp3) is 0.250. The first-order valence-electron chi connectivity index (χ1n) is 8.24. The number of nitrogens with one attached hydrogen (secondary N) is 1. The van der Waals surface area contributed by atoms with Crippen molar-refractivity contribution in [1.82, 2.24) is 10.2 Å². The van der Waals surface area contributed by atoms with Crippen LogP contribution in [0, 0.1) is 0 Å². The van der Waals surface area contributed by atoms with E-state index >= 15 is 0 Å². The monoisotopic (exact) mass is 354 g/mol. The molecule has 0 aliphatic heterocycles. The molecule has 1 N–H and O–H groups in total. The molecule has 0 unspecified atom stereocenters.